The van der Waals surface area contributed by atoms with Gasteiger partial charge >= 0.3 is 0 Å². The number of anilines is 1. The van der Waals surface area contributed by atoms with Gasteiger partial charge in [0.15, 0.2) is 5.82 Å². The highest BCUT2D eigenvalue weighted by Crippen LogP contribution is 2.41. The average molecular weight is 347 g/mol. The minimum atomic E-state index is -0.0643. The number of aryl methyl sites for hydroxylation is 2. The van der Waals surface area contributed by atoms with Crippen LogP contribution in [0.4, 0.5) is 5.82 Å². The topological polar surface area (TPSA) is 67.0 Å². The highest BCUT2D eigenvalue weighted by atomic mass is 16.5. The van der Waals surface area contributed by atoms with Crippen molar-refractivity contribution in [1.82, 2.24) is 10.2 Å². The molecule has 3 aromatic rings. The zero-order valence-corrected chi connectivity index (χ0v) is 14.9. The molecule has 0 bridgehead atoms. The van der Waals surface area contributed by atoms with E-state index in [4.69, 9.17) is 4.74 Å². The van der Waals surface area contributed by atoms with E-state index >= 15 is 0 Å². The number of fused-ring (bicyclic) bond motifs is 1. The molecule has 26 heavy (non-hydrogen) atoms. The molecule has 0 spiro atoms. The Morgan fingerprint density at radius 3 is 2.73 bits per heavy atom. The summed E-state index contributed by atoms with van der Waals surface area (Å²) in [5, 5.41) is 10.0. The van der Waals surface area contributed by atoms with Gasteiger partial charge < -0.3 is 10.1 Å². The number of hydrogen-bond donors (Lipinski definition) is 2. The summed E-state index contributed by atoms with van der Waals surface area (Å²) in [6.07, 6.45) is 0.387. The number of carbonyl (C=O) groups excluding carboxylic acids is 1. The van der Waals surface area contributed by atoms with E-state index < -0.39 is 0 Å². The molecule has 2 aromatic carbocycles. The summed E-state index contributed by atoms with van der Waals surface area (Å²) in [6, 6.07) is 16.1. The van der Waals surface area contributed by atoms with E-state index in [9.17, 15) is 4.79 Å². The highest BCUT2D eigenvalue weighted by Gasteiger charge is 2.32. The fraction of sp³-hybridized carbons (Fsp3) is 0.238. The molecule has 1 aromatic heterocycles. The second-order valence-corrected chi connectivity index (χ2v) is 6.67. The number of nitrogens with zero attached hydrogens (tertiary/aromatic N) is 1. The van der Waals surface area contributed by atoms with Crippen molar-refractivity contribution in [2.24, 2.45) is 0 Å². The van der Waals surface area contributed by atoms with Crippen molar-refractivity contribution in [3.05, 3.63) is 76.5 Å². The van der Waals surface area contributed by atoms with Gasteiger partial charge in [0.2, 0.25) is 5.91 Å². The summed E-state index contributed by atoms with van der Waals surface area (Å²) < 4.78 is 6.16. The minimum absolute atomic E-state index is 0.0253. The molecule has 5 heteroatoms. The third-order valence-corrected chi connectivity index (χ3v) is 4.93. The number of H-pyrrole nitrogens is 1. The van der Waals surface area contributed by atoms with Crippen LogP contribution in [0.1, 0.15) is 40.3 Å². The Kier molecular flexibility index (Phi) is 4.21. The van der Waals surface area contributed by atoms with Crippen molar-refractivity contribution in [1.29, 1.82) is 0 Å². The van der Waals surface area contributed by atoms with Gasteiger partial charge in [-0.25, -0.2) is 0 Å². The average Bonchev–Trinajstić information content (AvgIpc) is 3.01. The summed E-state index contributed by atoms with van der Waals surface area (Å²) in [5.74, 6) is 1.34. The van der Waals surface area contributed by atoms with Crippen molar-refractivity contribution < 1.29 is 9.53 Å². The Morgan fingerprint density at radius 2 is 1.88 bits per heavy atom. The van der Waals surface area contributed by atoms with Gasteiger partial charge in [0, 0.05) is 29.2 Å². The molecule has 4 rings (SSSR count). The first-order chi connectivity index (χ1) is 12.6. The van der Waals surface area contributed by atoms with Crippen LogP contribution in [-0.4, -0.2) is 16.1 Å². The number of benzene rings is 2. The van der Waals surface area contributed by atoms with E-state index in [1.54, 1.807) is 0 Å². The molecule has 5 nitrogen and oxygen atoms in total. The Morgan fingerprint density at radius 1 is 1.12 bits per heavy atom. The van der Waals surface area contributed by atoms with E-state index in [0.717, 1.165) is 28.1 Å². The number of para-hydroxylation sites is 1. The summed E-state index contributed by atoms with van der Waals surface area (Å²) in [6.45, 7) is 4.56. The zero-order chi connectivity index (χ0) is 18.1. The molecule has 0 saturated heterocycles. The number of aromatic nitrogens is 2. The number of aromatic amines is 1. The lowest BCUT2D eigenvalue weighted by Crippen LogP contribution is -2.23. The Balaban J connectivity index is 1.67. The molecule has 132 valence electrons. The summed E-state index contributed by atoms with van der Waals surface area (Å²) in [5.41, 5.74) is 5.38. The van der Waals surface area contributed by atoms with Crippen LogP contribution in [0, 0.1) is 13.8 Å². The predicted octanol–water partition coefficient (Wildman–Crippen LogP) is 4.08. The van der Waals surface area contributed by atoms with Gasteiger partial charge in [-0.2, -0.15) is 5.10 Å². The number of rotatable bonds is 4. The van der Waals surface area contributed by atoms with Crippen LogP contribution < -0.4 is 10.1 Å². The van der Waals surface area contributed by atoms with Crippen LogP contribution in [0.5, 0.6) is 5.75 Å². The van der Waals surface area contributed by atoms with Crippen LogP contribution in [-0.2, 0) is 11.4 Å². The monoisotopic (exact) mass is 347 g/mol. The maximum Gasteiger partial charge on any atom is 0.226 e. The third kappa shape index (κ3) is 2.96. The normalized spacial score (nSPS) is 16.1. The summed E-state index contributed by atoms with van der Waals surface area (Å²) in [7, 11) is 0. The largest absolute Gasteiger partial charge is 0.489 e. The molecular weight excluding hydrogens is 326 g/mol. The lowest BCUT2D eigenvalue weighted by atomic mass is 9.85. The Labute approximate surface area is 152 Å². The van der Waals surface area contributed by atoms with Crippen molar-refractivity contribution >= 4 is 11.7 Å². The van der Waals surface area contributed by atoms with Crippen molar-refractivity contribution in [3.8, 4) is 5.75 Å². The second kappa shape index (κ2) is 6.67. The molecule has 2 heterocycles. The SMILES string of the molecule is Cc1ccccc1COc1ccccc1[C@@H]1CC(=O)Nc2n[nH]c(C)c21. The predicted molar refractivity (Wildman–Crippen MR) is 100 cm³/mol. The molecule has 0 saturated carbocycles. The third-order valence-electron chi connectivity index (χ3n) is 4.93. The van der Waals surface area contributed by atoms with E-state index in [-0.39, 0.29) is 11.8 Å². The quantitative estimate of drug-likeness (QED) is 0.747. The fourth-order valence-corrected chi connectivity index (χ4v) is 3.52. The lowest BCUT2D eigenvalue weighted by molar-refractivity contribution is -0.116. The van der Waals surface area contributed by atoms with Gasteiger partial charge in [-0.1, -0.05) is 42.5 Å². The van der Waals surface area contributed by atoms with Crippen molar-refractivity contribution in [2.75, 3.05) is 5.32 Å². The smallest absolute Gasteiger partial charge is 0.226 e. The van der Waals surface area contributed by atoms with Crippen LogP contribution in [0.25, 0.3) is 0 Å². The van der Waals surface area contributed by atoms with Gasteiger partial charge in [0.25, 0.3) is 0 Å². The first kappa shape index (κ1) is 16.4. The maximum absolute atomic E-state index is 12.1. The molecular formula is C21H21N3O2. The van der Waals surface area contributed by atoms with E-state index in [1.165, 1.54) is 5.56 Å². The molecule has 0 aliphatic carbocycles. The molecule has 0 radical (unpaired) electrons. The molecule has 1 atom stereocenters. The minimum Gasteiger partial charge on any atom is -0.489 e. The van der Waals surface area contributed by atoms with Gasteiger partial charge in [-0.3, -0.25) is 9.89 Å². The van der Waals surface area contributed by atoms with Crippen molar-refractivity contribution in [3.63, 3.8) is 0 Å². The number of hydrogen-bond acceptors (Lipinski definition) is 3. The number of nitrogens with one attached hydrogen (secondary N) is 2. The Hall–Kier alpha value is -3.08. The molecule has 0 unspecified atom stereocenters. The first-order valence-corrected chi connectivity index (χ1v) is 8.74. The van der Waals surface area contributed by atoms with Gasteiger partial charge in [-0.15, -0.1) is 0 Å². The molecule has 2 N–H and O–H groups in total. The molecule has 0 fully saturated rings. The van der Waals surface area contributed by atoms with Crippen LogP contribution >= 0.6 is 0 Å². The van der Waals surface area contributed by atoms with E-state index in [2.05, 4.69) is 34.6 Å². The highest BCUT2D eigenvalue weighted by molar-refractivity contribution is 5.94. The van der Waals surface area contributed by atoms with Gasteiger partial charge in [0.1, 0.15) is 12.4 Å². The van der Waals surface area contributed by atoms with Crippen LogP contribution in [0.3, 0.4) is 0 Å². The van der Waals surface area contributed by atoms with Crippen LogP contribution in [0.2, 0.25) is 0 Å². The molecule has 1 amide bonds. The zero-order valence-electron chi connectivity index (χ0n) is 14.9. The fourth-order valence-electron chi connectivity index (χ4n) is 3.52. The van der Waals surface area contributed by atoms with E-state index in [0.29, 0.717) is 18.8 Å². The second-order valence-electron chi connectivity index (χ2n) is 6.67. The molecule has 1 aliphatic heterocycles. The van der Waals surface area contributed by atoms with Crippen LogP contribution in [0.15, 0.2) is 48.5 Å². The van der Waals surface area contributed by atoms with Gasteiger partial charge in [0.05, 0.1) is 0 Å². The maximum atomic E-state index is 12.1. The number of ether oxygens (including phenoxy) is 1. The lowest BCUT2D eigenvalue weighted by Gasteiger charge is -2.25. The first-order valence-electron chi connectivity index (χ1n) is 8.74. The number of amides is 1. The standard InChI is InChI=1S/C21H21N3O2/c1-13-7-3-4-8-15(13)12-26-18-10-6-5-9-16(18)17-11-19(25)22-21-20(17)14(2)23-24-21/h3-10,17H,11-12H2,1-2H3,(H2,22,23,24,25)/t17-/m0/s1. The Bertz CT molecular complexity index is 961. The summed E-state index contributed by atoms with van der Waals surface area (Å²) in [4.78, 5) is 12.1. The molecule has 1 aliphatic rings. The number of carbonyl (C=O) groups is 1. The summed E-state index contributed by atoms with van der Waals surface area (Å²) >= 11 is 0. The van der Waals surface area contributed by atoms with E-state index in [1.807, 2.05) is 43.3 Å². The van der Waals surface area contributed by atoms with Crippen molar-refractivity contribution in [2.45, 2.75) is 32.8 Å². The van der Waals surface area contributed by atoms with Gasteiger partial charge in [-0.05, 0) is 31.0 Å².